The van der Waals surface area contributed by atoms with Gasteiger partial charge in [0.2, 0.25) is 0 Å². The van der Waals surface area contributed by atoms with E-state index in [0.29, 0.717) is 5.25 Å². The number of hydrogen-bond acceptors (Lipinski definition) is 4. The molecule has 1 aliphatic heterocycles. The van der Waals surface area contributed by atoms with Gasteiger partial charge in [-0.2, -0.15) is 23.5 Å². The van der Waals surface area contributed by atoms with Crippen LogP contribution in [0.2, 0.25) is 5.02 Å². The normalized spacial score (nSPS) is 19.5. The van der Waals surface area contributed by atoms with E-state index >= 15 is 0 Å². The van der Waals surface area contributed by atoms with Crippen LogP contribution in [0.4, 0.5) is 5.69 Å². The van der Waals surface area contributed by atoms with E-state index in [1.54, 1.807) is 12.1 Å². The predicted molar refractivity (Wildman–Crippen MR) is 80.5 cm³/mol. The summed E-state index contributed by atoms with van der Waals surface area (Å²) in [4.78, 5) is 10.8. The molecular formula is C12H14ClNO2S2. The average Bonchev–Trinajstić information content (AvgIpc) is 2.37. The summed E-state index contributed by atoms with van der Waals surface area (Å²) in [6.45, 7) is 0.889. The van der Waals surface area contributed by atoms with Crippen LogP contribution >= 0.6 is 35.1 Å². The minimum Gasteiger partial charge on any atom is -0.478 e. The van der Waals surface area contributed by atoms with E-state index in [4.69, 9.17) is 16.7 Å². The molecule has 0 saturated carbocycles. The first-order valence-electron chi connectivity index (χ1n) is 5.63. The maximum atomic E-state index is 10.8. The third-order valence-electron chi connectivity index (χ3n) is 2.62. The minimum atomic E-state index is -0.995. The Bertz CT molecular complexity index is 436. The smallest absolute Gasteiger partial charge is 0.337 e. The third kappa shape index (κ3) is 3.73. The summed E-state index contributed by atoms with van der Waals surface area (Å²) in [6.07, 6.45) is 0. The van der Waals surface area contributed by atoms with Gasteiger partial charge in [0, 0.05) is 34.7 Å². The van der Waals surface area contributed by atoms with Crippen molar-refractivity contribution in [2.24, 2.45) is 0 Å². The van der Waals surface area contributed by atoms with E-state index in [9.17, 15) is 4.79 Å². The molecular weight excluding hydrogens is 290 g/mol. The summed E-state index contributed by atoms with van der Waals surface area (Å²) in [5, 5.41) is 13.1. The van der Waals surface area contributed by atoms with Gasteiger partial charge >= 0.3 is 5.97 Å². The molecule has 1 aromatic carbocycles. The molecule has 1 saturated heterocycles. The summed E-state index contributed by atoms with van der Waals surface area (Å²) in [6, 6.07) is 4.97. The van der Waals surface area contributed by atoms with Crippen LogP contribution in [-0.2, 0) is 0 Å². The van der Waals surface area contributed by atoms with Crippen molar-refractivity contribution >= 4 is 46.8 Å². The van der Waals surface area contributed by atoms with Gasteiger partial charge in [0.1, 0.15) is 0 Å². The lowest BCUT2D eigenvalue weighted by Gasteiger charge is -2.21. The van der Waals surface area contributed by atoms with Gasteiger partial charge in [0.15, 0.2) is 0 Å². The first-order valence-corrected chi connectivity index (χ1v) is 8.21. The second kappa shape index (κ2) is 6.59. The molecule has 2 rings (SSSR count). The van der Waals surface area contributed by atoms with Crippen molar-refractivity contribution in [2.75, 3.05) is 29.1 Å². The topological polar surface area (TPSA) is 49.3 Å². The molecule has 98 valence electrons. The van der Waals surface area contributed by atoms with Crippen LogP contribution < -0.4 is 5.32 Å². The molecule has 2 N–H and O–H groups in total. The highest BCUT2D eigenvalue weighted by molar-refractivity contribution is 8.06. The van der Waals surface area contributed by atoms with E-state index in [2.05, 4.69) is 5.32 Å². The van der Waals surface area contributed by atoms with Crippen LogP contribution in [0.3, 0.4) is 0 Å². The number of rotatable bonds is 4. The van der Waals surface area contributed by atoms with Gasteiger partial charge in [0.25, 0.3) is 0 Å². The number of benzene rings is 1. The highest BCUT2D eigenvalue weighted by Crippen LogP contribution is 2.25. The van der Waals surface area contributed by atoms with Gasteiger partial charge in [-0.3, -0.25) is 0 Å². The van der Waals surface area contributed by atoms with Crippen molar-refractivity contribution in [3.8, 4) is 0 Å². The fraction of sp³-hybridized carbons (Fsp3) is 0.417. The Morgan fingerprint density at radius 3 is 2.94 bits per heavy atom. The van der Waals surface area contributed by atoms with Crippen molar-refractivity contribution in [3.63, 3.8) is 0 Å². The van der Waals surface area contributed by atoms with Crippen LogP contribution in [0.15, 0.2) is 18.2 Å². The summed E-state index contributed by atoms with van der Waals surface area (Å²) < 4.78 is 0. The summed E-state index contributed by atoms with van der Waals surface area (Å²) in [5.41, 5.74) is 1.02. The average molecular weight is 304 g/mol. The quantitative estimate of drug-likeness (QED) is 0.894. The van der Waals surface area contributed by atoms with Crippen molar-refractivity contribution in [2.45, 2.75) is 5.25 Å². The lowest BCUT2D eigenvalue weighted by Crippen LogP contribution is -2.23. The number of anilines is 1. The molecule has 18 heavy (non-hydrogen) atoms. The molecule has 1 aromatic rings. The molecule has 0 bridgehead atoms. The zero-order chi connectivity index (χ0) is 13.0. The monoisotopic (exact) mass is 303 g/mol. The maximum absolute atomic E-state index is 10.8. The Morgan fingerprint density at radius 1 is 1.50 bits per heavy atom. The maximum Gasteiger partial charge on any atom is 0.337 e. The summed E-state index contributed by atoms with van der Waals surface area (Å²) in [5.74, 6) is 2.61. The van der Waals surface area contributed by atoms with Gasteiger partial charge < -0.3 is 10.4 Å². The number of thioether (sulfide) groups is 2. The van der Waals surface area contributed by atoms with Crippen molar-refractivity contribution in [1.82, 2.24) is 0 Å². The molecule has 0 aromatic heterocycles. The van der Waals surface area contributed by atoms with Gasteiger partial charge in [-0.15, -0.1) is 0 Å². The van der Waals surface area contributed by atoms with Crippen molar-refractivity contribution in [3.05, 3.63) is 28.8 Å². The van der Waals surface area contributed by atoms with Gasteiger partial charge in [0.05, 0.1) is 10.6 Å². The van der Waals surface area contributed by atoms with E-state index in [-0.39, 0.29) is 10.6 Å². The fourth-order valence-corrected chi connectivity index (χ4v) is 4.56. The molecule has 0 amide bonds. The van der Waals surface area contributed by atoms with Crippen LogP contribution in [0.5, 0.6) is 0 Å². The molecule has 0 aliphatic carbocycles. The number of nitrogens with one attached hydrogen (secondary N) is 1. The fourth-order valence-electron chi connectivity index (χ4n) is 1.68. The van der Waals surface area contributed by atoms with E-state index in [1.807, 2.05) is 23.5 Å². The summed E-state index contributed by atoms with van der Waals surface area (Å²) >= 11 is 9.88. The Balaban J connectivity index is 1.93. The second-order valence-electron chi connectivity index (χ2n) is 3.95. The van der Waals surface area contributed by atoms with Crippen LogP contribution in [0, 0.1) is 0 Å². The number of carboxylic acid groups (broad SMARTS) is 1. The zero-order valence-electron chi connectivity index (χ0n) is 9.69. The molecule has 3 nitrogen and oxygen atoms in total. The van der Waals surface area contributed by atoms with Crippen molar-refractivity contribution < 1.29 is 9.90 Å². The van der Waals surface area contributed by atoms with Crippen LogP contribution in [0.1, 0.15) is 10.4 Å². The molecule has 1 heterocycles. The lowest BCUT2D eigenvalue weighted by molar-refractivity contribution is 0.0697. The first kappa shape index (κ1) is 13.9. The number of carbonyl (C=O) groups is 1. The van der Waals surface area contributed by atoms with Gasteiger partial charge in [-0.05, 0) is 18.2 Å². The van der Waals surface area contributed by atoms with E-state index < -0.39 is 5.97 Å². The van der Waals surface area contributed by atoms with Crippen LogP contribution in [0.25, 0.3) is 0 Å². The predicted octanol–water partition coefficient (Wildman–Crippen LogP) is 3.30. The molecule has 1 fully saturated rings. The highest BCUT2D eigenvalue weighted by Gasteiger charge is 2.14. The zero-order valence-corrected chi connectivity index (χ0v) is 12.1. The van der Waals surface area contributed by atoms with Crippen LogP contribution in [-0.4, -0.2) is 40.1 Å². The van der Waals surface area contributed by atoms with Gasteiger partial charge in [-0.25, -0.2) is 4.79 Å². The number of carboxylic acids is 1. The standard InChI is InChI=1S/C12H14ClNO2S2/c13-11-5-8(1-2-10(11)12(15)16)14-6-9-7-17-3-4-18-9/h1-2,5,9,14H,3-4,6-7H2,(H,15,16). The Morgan fingerprint density at radius 2 is 2.33 bits per heavy atom. The van der Waals surface area contributed by atoms with Crippen molar-refractivity contribution in [1.29, 1.82) is 0 Å². The second-order valence-corrected chi connectivity index (χ2v) is 6.91. The lowest BCUT2D eigenvalue weighted by atomic mass is 10.2. The molecule has 0 radical (unpaired) electrons. The molecule has 1 atom stereocenters. The molecule has 6 heteroatoms. The number of aromatic carboxylic acids is 1. The SMILES string of the molecule is O=C(O)c1ccc(NCC2CSCCS2)cc1Cl. The molecule has 0 spiro atoms. The number of halogens is 1. The molecule has 1 unspecified atom stereocenters. The van der Waals surface area contributed by atoms with Gasteiger partial charge in [-0.1, -0.05) is 11.6 Å². The summed E-state index contributed by atoms with van der Waals surface area (Å²) in [7, 11) is 0. The Labute approximate surface area is 120 Å². The first-order chi connectivity index (χ1) is 8.66. The van der Waals surface area contributed by atoms with E-state index in [1.165, 1.54) is 23.3 Å². The Hall–Kier alpha value is -0.520. The highest BCUT2D eigenvalue weighted by atomic mass is 35.5. The molecule has 1 aliphatic rings. The largest absolute Gasteiger partial charge is 0.478 e. The third-order valence-corrected chi connectivity index (χ3v) is 5.78. The number of hydrogen-bond donors (Lipinski definition) is 2. The Kier molecular flexibility index (Phi) is 5.09. The van der Waals surface area contributed by atoms with E-state index in [0.717, 1.165) is 12.2 Å². The minimum absolute atomic E-state index is 0.143.